The first-order valence-electron chi connectivity index (χ1n) is 4.20. The highest BCUT2D eigenvalue weighted by Crippen LogP contribution is 2.23. The van der Waals surface area contributed by atoms with Crippen molar-refractivity contribution in [3.8, 4) is 0 Å². The summed E-state index contributed by atoms with van der Waals surface area (Å²) in [6.45, 7) is 1.74. The predicted octanol–water partition coefficient (Wildman–Crippen LogP) is 2.12. The molecule has 3 N–H and O–H groups in total. The van der Waals surface area contributed by atoms with Crippen molar-refractivity contribution in [1.82, 2.24) is 0 Å². The van der Waals surface area contributed by atoms with Crippen LogP contribution < -0.4 is 5.73 Å². The lowest BCUT2D eigenvalue weighted by molar-refractivity contribution is 0.0600. The van der Waals surface area contributed by atoms with Gasteiger partial charge >= 0.3 is 5.97 Å². The van der Waals surface area contributed by atoms with E-state index >= 15 is 0 Å². The number of nitrogens with two attached hydrogens (primary N) is 1. The molecule has 0 aliphatic heterocycles. The van der Waals surface area contributed by atoms with Gasteiger partial charge in [-0.1, -0.05) is 0 Å². The zero-order valence-corrected chi connectivity index (χ0v) is 10.6. The van der Waals surface area contributed by atoms with Crippen LogP contribution in [0.1, 0.15) is 21.5 Å². The van der Waals surface area contributed by atoms with Crippen LogP contribution in [0.2, 0.25) is 0 Å². The average Bonchev–Trinajstić information content (AvgIpc) is 2.20. The summed E-state index contributed by atoms with van der Waals surface area (Å²) >= 11 is 1.88. The Hall–Kier alpha value is -1.11. The van der Waals surface area contributed by atoms with Gasteiger partial charge in [0.25, 0.3) is 0 Å². The molecule has 5 heteroatoms. The van der Waals surface area contributed by atoms with Gasteiger partial charge in [-0.3, -0.25) is 5.41 Å². The molecule has 0 fully saturated rings. The molecule has 0 aliphatic rings. The second-order valence-electron chi connectivity index (χ2n) is 3.00. The van der Waals surface area contributed by atoms with E-state index < -0.39 is 5.97 Å². The van der Waals surface area contributed by atoms with Crippen LogP contribution in [0.25, 0.3) is 0 Å². The molecule has 0 spiro atoms. The summed E-state index contributed by atoms with van der Waals surface area (Å²) in [4.78, 5) is 11.3. The van der Waals surface area contributed by atoms with Crippen molar-refractivity contribution < 1.29 is 9.53 Å². The molecule has 0 atom stereocenters. The van der Waals surface area contributed by atoms with Crippen molar-refractivity contribution in [2.75, 3.05) is 12.8 Å². The molecule has 1 rings (SSSR count). The fourth-order valence-electron chi connectivity index (χ4n) is 1.25. The van der Waals surface area contributed by atoms with Crippen LogP contribution in [-0.2, 0) is 4.74 Å². The maximum atomic E-state index is 11.3. The van der Waals surface area contributed by atoms with Crippen LogP contribution in [0.5, 0.6) is 0 Å². The van der Waals surface area contributed by atoms with Gasteiger partial charge in [-0.15, -0.1) is 0 Å². The topological polar surface area (TPSA) is 76.2 Å². The zero-order valence-electron chi connectivity index (χ0n) is 8.43. The highest BCUT2D eigenvalue weighted by Gasteiger charge is 2.14. The molecular weight excluding hydrogens is 307 g/mol. The Labute approximate surface area is 101 Å². The highest BCUT2D eigenvalue weighted by molar-refractivity contribution is 14.1. The van der Waals surface area contributed by atoms with E-state index in [9.17, 15) is 4.79 Å². The van der Waals surface area contributed by atoms with Crippen LogP contribution in [0, 0.1) is 12.3 Å². The van der Waals surface area contributed by atoms with Crippen molar-refractivity contribution in [1.29, 1.82) is 5.41 Å². The Kier molecular flexibility index (Phi) is 3.67. The largest absolute Gasteiger partial charge is 0.465 e. The van der Waals surface area contributed by atoms with Crippen molar-refractivity contribution in [3.63, 3.8) is 0 Å². The smallest absolute Gasteiger partial charge is 0.338 e. The number of rotatable bonds is 2. The number of nitrogens with one attached hydrogen (secondary N) is 1. The molecule has 0 aliphatic carbocycles. The van der Waals surface area contributed by atoms with Gasteiger partial charge in [-0.2, -0.15) is 0 Å². The number of carbonyl (C=O) groups is 1. The van der Waals surface area contributed by atoms with Crippen LogP contribution in [0.4, 0.5) is 5.69 Å². The van der Waals surface area contributed by atoms with E-state index in [2.05, 4.69) is 4.74 Å². The van der Waals surface area contributed by atoms with Gasteiger partial charge in [0, 0.05) is 11.3 Å². The molecule has 80 valence electrons. The number of methoxy groups -OCH3 is 1. The van der Waals surface area contributed by atoms with Crippen LogP contribution in [0.15, 0.2) is 12.1 Å². The normalized spacial score (nSPS) is 9.80. The molecule has 0 heterocycles. The molecule has 0 saturated carbocycles. The third-order valence-corrected chi connectivity index (χ3v) is 2.74. The summed E-state index contributed by atoms with van der Waals surface area (Å²) in [5.41, 5.74) is 8.01. The maximum Gasteiger partial charge on any atom is 0.338 e. The molecule has 4 nitrogen and oxygen atoms in total. The van der Waals surface area contributed by atoms with E-state index in [1.54, 1.807) is 19.1 Å². The fraction of sp³-hybridized carbons (Fsp3) is 0.200. The molecule has 0 radical (unpaired) electrons. The second kappa shape index (κ2) is 4.61. The Bertz CT molecular complexity index is 430. The van der Waals surface area contributed by atoms with E-state index in [0.717, 1.165) is 0 Å². The molecule has 0 unspecified atom stereocenters. The monoisotopic (exact) mass is 318 g/mol. The van der Waals surface area contributed by atoms with Gasteiger partial charge < -0.3 is 10.5 Å². The minimum absolute atomic E-state index is 0.351. The molecule has 0 bridgehead atoms. The van der Waals surface area contributed by atoms with Crippen LogP contribution in [-0.4, -0.2) is 16.8 Å². The number of anilines is 1. The van der Waals surface area contributed by atoms with Gasteiger partial charge in [0.15, 0.2) is 0 Å². The molecule has 0 aromatic heterocycles. The highest BCUT2D eigenvalue weighted by atomic mass is 127. The van der Waals surface area contributed by atoms with E-state index in [4.69, 9.17) is 11.1 Å². The summed E-state index contributed by atoms with van der Waals surface area (Å²) < 4.78 is 4.97. The fourth-order valence-corrected chi connectivity index (χ4v) is 1.72. The standard InChI is InChI=1S/C10H11IN2O2/c1-5-6(10(14)15-2)3-4-7(8(5)12)9(11)13/h3-4,13H,12H2,1-2H3. The number of halogens is 1. The summed E-state index contributed by atoms with van der Waals surface area (Å²) in [5, 5.41) is 7.49. The zero-order chi connectivity index (χ0) is 11.6. The number of ether oxygens (including phenoxy) is 1. The van der Waals surface area contributed by atoms with Crippen molar-refractivity contribution in [2.24, 2.45) is 0 Å². The molecule has 0 saturated heterocycles. The SMILES string of the molecule is COC(=O)c1ccc(C(=N)I)c(N)c1C. The summed E-state index contributed by atoms with van der Waals surface area (Å²) in [5.74, 6) is -0.411. The van der Waals surface area contributed by atoms with E-state index in [0.29, 0.717) is 26.1 Å². The molecule has 15 heavy (non-hydrogen) atoms. The maximum absolute atomic E-state index is 11.3. The molecule has 1 aromatic rings. The minimum atomic E-state index is -0.411. The Balaban J connectivity index is 3.33. The summed E-state index contributed by atoms with van der Waals surface area (Å²) in [7, 11) is 1.33. The lowest BCUT2D eigenvalue weighted by Crippen LogP contribution is -2.08. The van der Waals surface area contributed by atoms with Crippen LogP contribution >= 0.6 is 22.6 Å². The van der Waals surface area contributed by atoms with E-state index in [1.165, 1.54) is 7.11 Å². The first-order valence-corrected chi connectivity index (χ1v) is 5.28. The van der Waals surface area contributed by atoms with Crippen LogP contribution in [0.3, 0.4) is 0 Å². The third kappa shape index (κ3) is 2.28. The first kappa shape index (κ1) is 12.0. The number of carbonyl (C=O) groups excluding carboxylic acids is 1. The number of nitrogen functional groups attached to an aromatic ring is 1. The summed E-state index contributed by atoms with van der Waals surface area (Å²) in [6.07, 6.45) is 0. The van der Waals surface area contributed by atoms with Gasteiger partial charge in [-0.25, -0.2) is 4.79 Å². The number of esters is 1. The van der Waals surface area contributed by atoms with Crippen molar-refractivity contribution >= 4 is 38.0 Å². The third-order valence-electron chi connectivity index (χ3n) is 2.16. The number of hydrogen-bond donors (Lipinski definition) is 2. The van der Waals surface area contributed by atoms with Gasteiger partial charge in [0.2, 0.25) is 0 Å². The Morgan fingerprint density at radius 3 is 2.47 bits per heavy atom. The van der Waals surface area contributed by atoms with E-state index in [-0.39, 0.29) is 0 Å². The van der Waals surface area contributed by atoms with Gasteiger partial charge in [0.05, 0.1) is 12.7 Å². The van der Waals surface area contributed by atoms with Crippen molar-refractivity contribution in [2.45, 2.75) is 6.92 Å². The second-order valence-corrected chi connectivity index (χ2v) is 4.08. The lowest BCUT2D eigenvalue weighted by Gasteiger charge is -2.10. The first-order chi connectivity index (χ1) is 6.99. The Morgan fingerprint density at radius 1 is 1.47 bits per heavy atom. The van der Waals surface area contributed by atoms with Gasteiger partial charge in [-0.05, 0) is 47.2 Å². The summed E-state index contributed by atoms with van der Waals surface area (Å²) in [6, 6.07) is 3.28. The molecule has 1 aromatic carbocycles. The van der Waals surface area contributed by atoms with Crippen molar-refractivity contribution in [3.05, 3.63) is 28.8 Å². The number of benzene rings is 1. The predicted molar refractivity (Wildman–Crippen MR) is 67.8 cm³/mol. The quantitative estimate of drug-likeness (QED) is 0.380. The molecule has 0 amide bonds. The lowest BCUT2D eigenvalue weighted by atomic mass is 10.0. The Morgan fingerprint density at radius 2 is 2.00 bits per heavy atom. The minimum Gasteiger partial charge on any atom is -0.465 e. The number of hydrogen-bond acceptors (Lipinski definition) is 4. The van der Waals surface area contributed by atoms with E-state index in [1.807, 2.05) is 22.6 Å². The molecular formula is C10H11IN2O2. The average molecular weight is 318 g/mol. The van der Waals surface area contributed by atoms with Gasteiger partial charge in [0.1, 0.15) is 3.72 Å².